The van der Waals surface area contributed by atoms with Crippen LogP contribution in [0.5, 0.6) is 0 Å². The second-order valence-electron chi connectivity index (χ2n) is 5.56. The van der Waals surface area contributed by atoms with Gasteiger partial charge in [-0.1, -0.05) is 0 Å². The Bertz CT molecular complexity index is 339. The molecule has 1 saturated heterocycles. The molecule has 0 aromatic carbocycles. The number of hydrogen-bond donors (Lipinski definition) is 1. The summed E-state index contributed by atoms with van der Waals surface area (Å²) in [4.78, 5) is 4.88. The smallest absolute Gasteiger partial charge is 0.0235 e. The van der Waals surface area contributed by atoms with Crippen molar-refractivity contribution < 1.29 is 0 Å². The zero-order valence-electron chi connectivity index (χ0n) is 11.5. The second-order valence-corrected chi connectivity index (χ2v) is 6.34. The van der Waals surface area contributed by atoms with Crippen molar-refractivity contribution in [3.63, 3.8) is 0 Å². The second kappa shape index (κ2) is 6.66. The van der Waals surface area contributed by atoms with Gasteiger partial charge >= 0.3 is 0 Å². The van der Waals surface area contributed by atoms with E-state index in [1.807, 2.05) is 0 Å². The molecule has 1 aromatic heterocycles. The Morgan fingerprint density at radius 1 is 1.44 bits per heavy atom. The number of thiophene rings is 1. The van der Waals surface area contributed by atoms with Gasteiger partial charge in [-0.15, -0.1) is 0 Å². The van der Waals surface area contributed by atoms with E-state index in [0.717, 1.165) is 25.8 Å². The third-order valence-corrected chi connectivity index (χ3v) is 4.67. The van der Waals surface area contributed by atoms with Crippen LogP contribution in [0.25, 0.3) is 0 Å². The van der Waals surface area contributed by atoms with Crippen LogP contribution in [0.2, 0.25) is 0 Å². The molecule has 1 aromatic rings. The van der Waals surface area contributed by atoms with Crippen LogP contribution in [0.1, 0.15) is 18.4 Å². The van der Waals surface area contributed by atoms with E-state index in [9.17, 15) is 0 Å². The molecule has 2 N–H and O–H groups in total. The van der Waals surface area contributed by atoms with E-state index >= 15 is 0 Å². The maximum absolute atomic E-state index is 6.29. The summed E-state index contributed by atoms with van der Waals surface area (Å²) in [6, 6.07) is 3.16. The molecule has 2 rings (SSSR count). The largest absolute Gasteiger partial charge is 0.328 e. The van der Waals surface area contributed by atoms with Crippen LogP contribution >= 0.6 is 11.3 Å². The van der Waals surface area contributed by atoms with Gasteiger partial charge in [0.2, 0.25) is 0 Å². The average Bonchev–Trinajstić information content (AvgIpc) is 2.84. The van der Waals surface area contributed by atoms with Gasteiger partial charge in [0.15, 0.2) is 0 Å². The van der Waals surface area contributed by atoms with E-state index in [4.69, 9.17) is 5.73 Å². The molecular weight excluding hydrogens is 242 g/mol. The number of likely N-dealkylation sites (N-methyl/N-ethyl adjacent to an activating group) is 2. The van der Waals surface area contributed by atoms with Crippen molar-refractivity contribution >= 4 is 11.3 Å². The molecule has 1 aliphatic rings. The summed E-state index contributed by atoms with van der Waals surface area (Å²) in [5.41, 5.74) is 7.72. The topological polar surface area (TPSA) is 32.5 Å². The summed E-state index contributed by atoms with van der Waals surface area (Å²) in [7, 11) is 4.43. The first-order valence-corrected chi connectivity index (χ1v) is 7.75. The van der Waals surface area contributed by atoms with Crippen molar-refractivity contribution in [2.45, 2.75) is 31.3 Å². The Kier molecular flexibility index (Phi) is 5.18. The highest BCUT2D eigenvalue weighted by Crippen LogP contribution is 2.15. The lowest BCUT2D eigenvalue weighted by Crippen LogP contribution is -2.51. The zero-order chi connectivity index (χ0) is 13.0. The third kappa shape index (κ3) is 4.05. The summed E-state index contributed by atoms with van der Waals surface area (Å²) in [5.74, 6) is 0. The molecular formula is C14H25N3S. The first-order chi connectivity index (χ1) is 8.65. The van der Waals surface area contributed by atoms with Crippen molar-refractivity contribution in [3.05, 3.63) is 22.4 Å². The van der Waals surface area contributed by atoms with Gasteiger partial charge in [-0.2, -0.15) is 11.3 Å². The summed E-state index contributed by atoms with van der Waals surface area (Å²) < 4.78 is 0. The molecule has 0 aliphatic carbocycles. The van der Waals surface area contributed by atoms with Gasteiger partial charge < -0.3 is 15.5 Å². The van der Waals surface area contributed by atoms with Crippen LogP contribution in [0, 0.1) is 0 Å². The van der Waals surface area contributed by atoms with E-state index < -0.39 is 0 Å². The van der Waals surface area contributed by atoms with Crippen LogP contribution in [-0.4, -0.2) is 55.6 Å². The monoisotopic (exact) mass is 267 g/mol. The maximum atomic E-state index is 6.29. The van der Waals surface area contributed by atoms with Crippen molar-refractivity contribution in [2.75, 3.05) is 33.7 Å². The molecule has 4 heteroatoms. The summed E-state index contributed by atoms with van der Waals surface area (Å²) in [5, 5.41) is 4.37. The number of nitrogens with two attached hydrogens (primary N) is 1. The fourth-order valence-corrected chi connectivity index (χ4v) is 3.31. The summed E-state index contributed by atoms with van der Waals surface area (Å²) in [6.07, 6.45) is 3.34. The van der Waals surface area contributed by atoms with Gasteiger partial charge in [0, 0.05) is 31.7 Å². The Labute approximate surface area is 115 Å². The van der Waals surface area contributed by atoms with Crippen molar-refractivity contribution in [2.24, 2.45) is 5.73 Å². The van der Waals surface area contributed by atoms with E-state index in [1.54, 1.807) is 11.3 Å². The first kappa shape index (κ1) is 14.0. The van der Waals surface area contributed by atoms with Crippen LogP contribution in [0.15, 0.2) is 16.8 Å². The molecule has 2 atom stereocenters. The minimum Gasteiger partial charge on any atom is -0.328 e. The molecule has 0 radical (unpaired) electrons. The van der Waals surface area contributed by atoms with E-state index in [1.165, 1.54) is 18.7 Å². The van der Waals surface area contributed by atoms with E-state index in [-0.39, 0.29) is 0 Å². The highest BCUT2D eigenvalue weighted by molar-refractivity contribution is 7.07. The van der Waals surface area contributed by atoms with Gasteiger partial charge in [0.05, 0.1) is 0 Å². The van der Waals surface area contributed by atoms with E-state index in [0.29, 0.717) is 12.1 Å². The maximum Gasteiger partial charge on any atom is 0.0235 e. The van der Waals surface area contributed by atoms with Crippen LogP contribution < -0.4 is 5.73 Å². The number of nitrogens with zero attached hydrogens (tertiary/aromatic N) is 2. The molecule has 3 nitrogen and oxygen atoms in total. The quantitative estimate of drug-likeness (QED) is 0.880. The predicted octanol–water partition coefficient (Wildman–Crippen LogP) is 1.64. The Hall–Kier alpha value is -0.420. The zero-order valence-corrected chi connectivity index (χ0v) is 12.3. The normalized spacial score (nSPS) is 24.3. The van der Waals surface area contributed by atoms with Gasteiger partial charge in [0.1, 0.15) is 0 Å². The average molecular weight is 267 g/mol. The molecule has 102 valence electrons. The third-order valence-electron chi connectivity index (χ3n) is 3.94. The molecule has 18 heavy (non-hydrogen) atoms. The highest BCUT2D eigenvalue weighted by atomic mass is 32.1. The Morgan fingerprint density at radius 3 is 3.00 bits per heavy atom. The van der Waals surface area contributed by atoms with Crippen molar-refractivity contribution in [3.8, 4) is 0 Å². The predicted molar refractivity (Wildman–Crippen MR) is 79.1 cm³/mol. The highest BCUT2D eigenvalue weighted by Gasteiger charge is 2.23. The van der Waals surface area contributed by atoms with Crippen LogP contribution in [0.4, 0.5) is 0 Å². The number of aryl methyl sites for hydroxylation is 1. The van der Waals surface area contributed by atoms with Crippen molar-refractivity contribution in [1.82, 2.24) is 9.80 Å². The van der Waals surface area contributed by atoms with Crippen molar-refractivity contribution in [1.29, 1.82) is 0 Å². The number of hydrogen-bond acceptors (Lipinski definition) is 4. The van der Waals surface area contributed by atoms with E-state index in [2.05, 4.69) is 40.7 Å². The first-order valence-electron chi connectivity index (χ1n) is 6.80. The SMILES string of the molecule is CN1CCN(C)C(CC(N)CCc2ccsc2)C1. The van der Waals surface area contributed by atoms with Gasteiger partial charge in [-0.25, -0.2) is 0 Å². The van der Waals surface area contributed by atoms with Gasteiger partial charge in [0.25, 0.3) is 0 Å². The standard InChI is InChI=1S/C14H25N3S/c1-16-6-7-17(2)14(10-16)9-13(15)4-3-12-5-8-18-11-12/h5,8,11,13-14H,3-4,6-7,9-10,15H2,1-2H3. The molecule has 0 amide bonds. The summed E-state index contributed by atoms with van der Waals surface area (Å²) in [6.45, 7) is 3.50. The Balaban J connectivity index is 1.74. The number of piperazine rings is 1. The van der Waals surface area contributed by atoms with Gasteiger partial charge in [-0.3, -0.25) is 0 Å². The fraction of sp³-hybridized carbons (Fsp3) is 0.714. The number of rotatable bonds is 5. The van der Waals surface area contributed by atoms with Crippen LogP contribution in [-0.2, 0) is 6.42 Å². The lowest BCUT2D eigenvalue weighted by atomic mass is 9.99. The molecule has 1 fully saturated rings. The molecule has 2 heterocycles. The molecule has 1 aliphatic heterocycles. The lowest BCUT2D eigenvalue weighted by Gasteiger charge is -2.38. The fourth-order valence-electron chi connectivity index (χ4n) is 2.61. The minimum atomic E-state index is 0.323. The van der Waals surface area contributed by atoms with Crippen LogP contribution in [0.3, 0.4) is 0 Å². The Morgan fingerprint density at radius 2 is 2.28 bits per heavy atom. The molecule has 2 unspecified atom stereocenters. The lowest BCUT2D eigenvalue weighted by molar-refractivity contribution is 0.103. The molecule has 0 spiro atoms. The molecule has 0 saturated carbocycles. The molecule has 0 bridgehead atoms. The minimum absolute atomic E-state index is 0.323. The van der Waals surface area contributed by atoms with Gasteiger partial charge in [-0.05, 0) is 55.7 Å². The summed E-state index contributed by atoms with van der Waals surface area (Å²) >= 11 is 1.77.